The lowest BCUT2D eigenvalue weighted by molar-refractivity contribution is 0.730. The minimum absolute atomic E-state index is 0.833. The summed E-state index contributed by atoms with van der Waals surface area (Å²) in [6.45, 7) is 9.17. The molecular formula is C10H22S2. The summed E-state index contributed by atoms with van der Waals surface area (Å²) >= 11 is 4.23. The lowest BCUT2D eigenvalue weighted by Gasteiger charge is -2.21. The van der Waals surface area contributed by atoms with E-state index in [1.807, 2.05) is 0 Å². The molecule has 0 aliphatic carbocycles. The molecule has 0 fully saturated rings. The van der Waals surface area contributed by atoms with Crippen LogP contribution in [0.4, 0.5) is 0 Å². The summed E-state index contributed by atoms with van der Waals surface area (Å²) in [5, 5.41) is 1.71. The van der Waals surface area contributed by atoms with Gasteiger partial charge in [-0.15, -0.1) is 0 Å². The van der Waals surface area contributed by atoms with Crippen molar-refractivity contribution in [1.82, 2.24) is 0 Å². The molecule has 74 valence electrons. The highest BCUT2D eigenvalue weighted by Crippen LogP contribution is 2.27. The van der Waals surface area contributed by atoms with E-state index >= 15 is 0 Å². The van der Waals surface area contributed by atoms with Gasteiger partial charge in [0.2, 0.25) is 0 Å². The van der Waals surface area contributed by atoms with Gasteiger partial charge in [0.25, 0.3) is 0 Å². The Morgan fingerprint density at radius 1 is 1.00 bits per heavy atom. The second kappa shape index (κ2) is 8.31. The fraction of sp³-hybridized carbons (Fsp3) is 1.00. The van der Waals surface area contributed by atoms with Crippen molar-refractivity contribution in [2.75, 3.05) is 11.5 Å². The van der Waals surface area contributed by atoms with Crippen LogP contribution >= 0.6 is 23.5 Å². The molecule has 2 atom stereocenters. The molecule has 0 amide bonds. The standard InChI is InChI=1S/C10H22S2/c1-5-8-10(12-7-3)9(4)11-6-2/h9-10H,5-8H2,1-4H3. The predicted molar refractivity (Wildman–Crippen MR) is 64.4 cm³/mol. The maximum Gasteiger partial charge on any atom is 0.0163 e. The van der Waals surface area contributed by atoms with E-state index in [0.29, 0.717) is 0 Å². The average Bonchev–Trinajstić information content (AvgIpc) is 2.04. The summed E-state index contributed by atoms with van der Waals surface area (Å²) in [4.78, 5) is 0. The molecule has 0 N–H and O–H groups in total. The molecule has 0 rings (SSSR count). The van der Waals surface area contributed by atoms with Gasteiger partial charge >= 0.3 is 0 Å². The third-order valence-corrected chi connectivity index (χ3v) is 4.67. The summed E-state index contributed by atoms with van der Waals surface area (Å²) in [6.07, 6.45) is 2.71. The number of rotatable bonds is 7. The number of hydrogen-bond donors (Lipinski definition) is 0. The summed E-state index contributed by atoms with van der Waals surface area (Å²) < 4.78 is 0. The van der Waals surface area contributed by atoms with Gasteiger partial charge in [0.15, 0.2) is 0 Å². The van der Waals surface area contributed by atoms with E-state index in [1.54, 1.807) is 0 Å². The summed E-state index contributed by atoms with van der Waals surface area (Å²) in [7, 11) is 0. The van der Waals surface area contributed by atoms with Gasteiger partial charge in [0.1, 0.15) is 0 Å². The summed E-state index contributed by atoms with van der Waals surface area (Å²) in [5.74, 6) is 2.52. The second-order valence-electron chi connectivity index (χ2n) is 2.94. The maximum absolute atomic E-state index is 2.37. The lowest BCUT2D eigenvalue weighted by Crippen LogP contribution is -2.17. The first-order valence-corrected chi connectivity index (χ1v) is 7.09. The lowest BCUT2D eigenvalue weighted by atomic mass is 10.2. The van der Waals surface area contributed by atoms with E-state index in [9.17, 15) is 0 Å². The SMILES string of the molecule is CCCC(SCC)C(C)SCC. The topological polar surface area (TPSA) is 0 Å². The van der Waals surface area contributed by atoms with Gasteiger partial charge in [0.05, 0.1) is 0 Å². The Bertz CT molecular complexity index is 87.8. The van der Waals surface area contributed by atoms with Crippen LogP contribution in [0.2, 0.25) is 0 Å². The van der Waals surface area contributed by atoms with E-state index in [1.165, 1.54) is 24.3 Å². The molecule has 0 saturated carbocycles. The Balaban J connectivity index is 3.72. The van der Waals surface area contributed by atoms with Gasteiger partial charge < -0.3 is 0 Å². The Hall–Kier alpha value is 0.700. The molecule has 0 saturated heterocycles. The first-order chi connectivity index (χ1) is 5.76. The van der Waals surface area contributed by atoms with Gasteiger partial charge in [-0.05, 0) is 17.9 Å². The molecule has 0 heterocycles. The minimum atomic E-state index is 0.833. The molecule has 0 aliphatic heterocycles. The molecule has 0 nitrogen and oxygen atoms in total. The first kappa shape index (κ1) is 12.7. The molecular weight excluding hydrogens is 184 g/mol. The molecule has 0 aliphatic rings. The molecule has 12 heavy (non-hydrogen) atoms. The number of thioether (sulfide) groups is 2. The van der Waals surface area contributed by atoms with Crippen molar-refractivity contribution in [1.29, 1.82) is 0 Å². The molecule has 2 unspecified atom stereocenters. The fourth-order valence-corrected chi connectivity index (χ4v) is 3.77. The smallest absolute Gasteiger partial charge is 0.0163 e. The van der Waals surface area contributed by atoms with Crippen molar-refractivity contribution in [3.05, 3.63) is 0 Å². The zero-order valence-electron chi connectivity index (χ0n) is 8.80. The molecule has 0 spiro atoms. The van der Waals surface area contributed by atoms with Gasteiger partial charge in [0, 0.05) is 10.5 Å². The van der Waals surface area contributed by atoms with Crippen LogP contribution in [0.3, 0.4) is 0 Å². The Labute approximate surface area is 86.3 Å². The van der Waals surface area contributed by atoms with Gasteiger partial charge in [-0.3, -0.25) is 0 Å². The molecule has 0 radical (unpaired) electrons. The van der Waals surface area contributed by atoms with E-state index < -0.39 is 0 Å². The maximum atomic E-state index is 2.37. The van der Waals surface area contributed by atoms with Crippen LogP contribution in [0.1, 0.15) is 40.5 Å². The monoisotopic (exact) mass is 206 g/mol. The average molecular weight is 206 g/mol. The molecule has 0 aromatic rings. The van der Waals surface area contributed by atoms with Crippen LogP contribution < -0.4 is 0 Å². The van der Waals surface area contributed by atoms with E-state index in [2.05, 4.69) is 51.2 Å². The molecule has 2 heteroatoms. The van der Waals surface area contributed by atoms with Crippen molar-refractivity contribution < 1.29 is 0 Å². The highest BCUT2D eigenvalue weighted by Gasteiger charge is 2.15. The van der Waals surface area contributed by atoms with Crippen molar-refractivity contribution in [2.24, 2.45) is 0 Å². The van der Waals surface area contributed by atoms with Crippen molar-refractivity contribution in [3.63, 3.8) is 0 Å². The fourth-order valence-electron chi connectivity index (χ4n) is 1.32. The van der Waals surface area contributed by atoms with Crippen LogP contribution in [0.15, 0.2) is 0 Å². The first-order valence-electron chi connectivity index (χ1n) is 4.99. The summed E-state index contributed by atoms with van der Waals surface area (Å²) in [5.41, 5.74) is 0. The number of hydrogen-bond acceptors (Lipinski definition) is 2. The van der Waals surface area contributed by atoms with Crippen LogP contribution in [-0.2, 0) is 0 Å². The summed E-state index contributed by atoms with van der Waals surface area (Å²) in [6, 6.07) is 0. The Morgan fingerprint density at radius 2 is 1.58 bits per heavy atom. The quantitative estimate of drug-likeness (QED) is 0.616. The van der Waals surface area contributed by atoms with Gasteiger partial charge in [-0.2, -0.15) is 23.5 Å². The van der Waals surface area contributed by atoms with Crippen molar-refractivity contribution in [2.45, 2.75) is 51.0 Å². The zero-order chi connectivity index (χ0) is 9.40. The van der Waals surface area contributed by atoms with Crippen LogP contribution in [0, 0.1) is 0 Å². The third kappa shape index (κ3) is 5.36. The Morgan fingerprint density at radius 3 is 2.00 bits per heavy atom. The van der Waals surface area contributed by atoms with Crippen LogP contribution in [0.25, 0.3) is 0 Å². The third-order valence-electron chi connectivity index (χ3n) is 1.91. The van der Waals surface area contributed by atoms with Crippen LogP contribution in [-0.4, -0.2) is 22.0 Å². The van der Waals surface area contributed by atoms with Crippen molar-refractivity contribution in [3.8, 4) is 0 Å². The predicted octanol–water partition coefficient (Wildman–Crippen LogP) is 4.05. The second-order valence-corrected chi connectivity index (χ2v) is 6.11. The minimum Gasteiger partial charge on any atom is -0.158 e. The zero-order valence-corrected chi connectivity index (χ0v) is 10.4. The Kier molecular flexibility index (Phi) is 8.79. The normalized spacial score (nSPS) is 16.0. The van der Waals surface area contributed by atoms with Gasteiger partial charge in [-0.25, -0.2) is 0 Å². The van der Waals surface area contributed by atoms with Crippen molar-refractivity contribution >= 4 is 23.5 Å². The van der Waals surface area contributed by atoms with Crippen LogP contribution in [0.5, 0.6) is 0 Å². The van der Waals surface area contributed by atoms with E-state index in [0.717, 1.165) is 10.5 Å². The van der Waals surface area contributed by atoms with Gasteiger partial charge in [-0.1, -0.05) is 34.1 Å². The highest BCUT2D eigenvalue weighted by atomic mass is 32.2. The van der Waals surface area contributed by atoms with E-state index in [-0.39, 0.29) is 0 Å². The highest BCUT2D eigenvalue weighted by molar-refractivity contribution is 8.03. The molecule has 0 bridgehead atoms. The molecule has 0 aromatic heterocycles. The molecule has 0 aromatic carbocycles. The largest absolute Gasteiger partial charge is 0.158 e. The van der Waals surface area contributed by atoms with E-state index in [4.69, 9.17) is 0 Å².